The number of hydrogen-bond acceptors (Lipinski definition) is 6. The molecule has 0 aliphatic carbocycles. The molecule has 1 aromatic heterocycles. The van der Waals surface area contributed by atoms with Crippen LogP contribution >= 0.6 is 22.9 Å². The maximum atomic E-state index is 12.2. The van der Waals surface area contributed by atoms with Gasteiger partial charge in [-0.15, -0.1) is 10.2 Å². The van der Waals surface area contributed by atoms with Crippen LogP contribution in [0.15, 0.2) is 24.3 Å². The number of hydrogen-bond donors (Lipinski definition) is 2. The van der Waals surface area contributed by atoms with E-state index >= 15 is 0 Å². The van der Waals surface area contributed by atoms with E-state index in [1.165, 1.54) is 19.3 Å². The normalized spacial score (nSPS) is 17.5. The van der Waals surface area contributed by atoms with Gasteiger partial charge in [-0.3, -0.25) is 14.5 Å². The third-order valence-electron chi connectivity index (χ3n) is 4.52. The molecule has 0 spiro atoms. The highest BCUT2D eigenvalue weighted by atomic mass is 35.5. The minimum Gasteiger partial charge on any atom is -0.349 e. The largest absolute Gasteiger partial charge is 0.349 e. The van der Waals surface area contributed by atoms with E-state index in [1.807, 2.05) is 0 Å². The summed E-state index contributed by atoms with van der Waals surface area (Å²) in [5.41, 5.74) is 0.560. The summed E-state index contributed by atoms with van der Waals surface area (Å²) in [4.78, 5) is 26.9. The van der Waals surface area contributed by atoms with E-state index in [-0.39, 0.29) is 15.9 Å². The van der Waals surface area contributed by atoms with Crippen molar-refractivity contribution in [3.63, 3.8) is 0 Å². The summed E-state index contributed by atoms with van der Waals surface area (Å²) >= 11 is 6.87. The first-order valence-electron chi connectivity index (χ1n) is 8.95. The molecule has 0 radical (unpaired) electrons. The lowest BCUT2D eigenvalue weighted by Crippen LogP contribution is -2.42. The van der Waals surface area contributed by atoms with Gasteiger partial charge in [0.25, 0.3) is 11.8 Å². The Morgan fingerprint density at radius 1 is 1.26 bits per heavy atom. The van der Waals surface area contributed by atoms with Crippen molar-refractivity contribution in [1.82, 2.24) is 20.4 Å². The predicted octanol–water partition coefficient (Wildman–Crippen LogP) is 3.05. The lowest BCUT2D eigenvalue weighted by molar-refractivity contribution is 0.0936. The van der Waals surface area contributed by atoms with E-state index in [4.69, 9.17) is 11.6 Å². The Morgan fingerprint density at radius 3 is 2.78 bits per heavy atom. The number of nitrogens with zero attached hydrogens (tertiary/aromatic N) is 3. The second-order valence-corrected chi connectivity index (χ2v) is 7.93. The molecular weight excluding hydrogens is 386 g/mol. The van der Waals surface area contributed by atoms with E-state index in [2.05, 4.69) is 32.7 Å². The summed E-state index contributed by atoms with van der Waals surface area (Å²) in [6.07, 6.45) is 3.68. The standard InChI is InChI=1S/C18H22ClN5O2S/c1-12-5-2-3-9-24(12)10-8-20-15(25)17-22-23-18(27-17)16(26)21-14-7-4-6-13(19)11-14/h4,6-7,11-12H,2-3,5,8-10H2,1H3,(H,20,25)(H,21,26)/t12-/m0/s1. The third-order valence-corrected chi connectivity index (χ3v) is 5.68. The first-order valence-corrected chi connectivity index (χ1v) is 10.1. The molecule has 0 unspecified atom stereocenters. The molecule has 0 bridgehead atoms. The van der Waals surface area contributed by atoms with Gasteiger partial charge in [-0.2, -0.15) is 0 Å². The quantitative estimate of drug-likeness (QED) is 0.768. The van der Waals surface area contributed by atoms with Crippen LogP contribution in [0.5, 0.6) is 0 Å². The number of rotatable bonds is 6. The van der Waals surface area contributed by atoms with Crippen LogP contribution in [-0.2, 0) is 0 Å². The summed E-state index contributed by atoms with van der Waals surface area (Å²) in [5, 5.41) is 14.0. The maximum absolute atomic E-state index is 12.2. The highest BCUT2D eigenvalue weighted by Crippen LogP contribution is 2.18. The van der Waals surface area contributed by atoms with Crippen molar-refractivity contribution in [2.24, 2.45) is 0 Å². The van der Waals surface area contributed by atoms with Crippen molar-refractivity contribution >= 4 is 40.4 Å². The van der Waals surface area contributed by atoms with Gasteiger partial charge in [-0.1, -0.05) is 35.4 Å². The zero-order valence-electron chi connectivity index (χ0n) is 15.1. The molecule has 0 saturated carbocycles. The Balaban J connectivity index is 1.50. The molecule has 27 heavy (non-hydrogen) atoms. The molecule has 1 saturated heterocycles. The topological polar surface area (TPSA) is 87.2 Å². The molecule has 2 aromatic rings. The summed E-state index contributed by atoms with van der Waals surface area (Å²) in [6, 6.07) is 7.37. The molecule has 2 amide bonds. The number of carbonyl (C=O) groups excluding carboxylic acids is 2. The van der Waals surface area contributed by atoms with Crippen LogP contribution in [0.4, 0.5) is 5.69 Å². The molecule has 1 aliphatic heterocycles. The highest BCUT2D eigenvalue weighted by Gasteiger charge is 2.20. The molecule has 7 nitrogen and oxygen atoms in total. The maximum Gasteiger partial charge on any atom is 0.286 e. The van der Waals surface area contributed by atoms with Crippen molar-refractivity contribution in [2.75, 3.05) is 25.0 Å². The van der Waals surface area contributed by atoms with Gasteiger partial charge in [0.1, 0.15) is 0 Å². The van der Waals surface area contributed by atoms with E-state index in [9.17, 15) is 9.59 Å². The number of anilines is 1. The zero-order valence-corrected chi connectivity index (χ0v) is 16.6. The summed E-state index contributed by atoms with van der Waals surface area (Å²) in [7, 11) is 0. The van der Waals surface area contributed by atoms with Crippen molar-refractivity contribution in [3.8, 4) is 0 Å². The summed E-state index contributed by atoms with van der Waals surface area (Å²) in [5.74, 6) is -0.727. The Labute approximate surface area is 167 Å². The van der Waals surface area contributed by atoms with Crippen LogP contribution in [0, 0.1) is 0 Å². The number of benzene rings is 1. The van der Waals surface area contributed by atoms with Gasteiger partial charge in [0, 0.05) is 29.8 Å². The van der Waals surface area contributed by atoms with Crippen molar-refractivity contribution in [2.45, 2.75) is 32.2 Å². The number of nitrogens with one attached hydrogen (secondary N) is 2. The monoisotopic (exact) mass is 407 g/mol. The van der Waals surface area contributed by atoms with E-state index in [0.717, 1.165) is 24.4 Å². The van der Waals surface area contributed by atoms with E-state index in [1.54, 1.807) is 24.3 Å². The number of amides is 2. The van der Waals surface area contributed by atoms with Gasteiger partial charge in [0.2, 0.25) is 10.0 Å². The van der Waals surface area contributed by atoms with Crippen LogP contribution in [0.2, 0.25) is 5.02 Å². The Morgan fingerprint density at radius 2 is 2.04 bits per heavy atom. The lowest BCUT2D eigenvalue weighted by Gasteiger charge is -2.33. The fourth-order valence-corrected chi connectivity index (χ4v) is 3.88. The zero-order chi connectivity index (χ0) is 19.2. The third kappa shape index (κ3) is 5.47. The Kier molecular flexibility index (Phi) is 6.76. The van der Waals surface area contributed by atoms with Gasteiger partial charge < -0.3 is 10.6 Å². The number of piperidine rings is 1. The Bertz CT molecular complexity index is 813. The molecular formula is C18H22ClN5O2S. The first kappa shape index (κ1) is 19.7. The van der Waals surface area contributed by atoms with E-state index < -0.39 is 5.91 Å². The van der Waals surface area contributed by atoms with Crippen LogP contribution in [0.3, 0.4) is 0 Å². The fraction of sp³-hybridized carbons (Fsp3) is 0.444. The molecule has 9 heteroatoms. The molecule has 3 rings (SSSR count). The average Bonchev–Trinajstić information content (AvgIpc) is 3.14. The number of likely N-dealkylation sites (tertiary alicyclic amines) is 1. The van der Waals surface area contributed by atoms with Gasteiger partial charge in [0.05, 0.1) is 0 Å². The molecule has 2 N–H and O–H groups in total. The molecule has 1 aromatic carbocycles. The summed E-state index contributed by atoms with van der Waals surface area (Å²) < 4.78 is 0. The van der Waals surface area contributed by atoms with Gasteiger partial charge in [0.15, 0.2) is 0 Å². The van der Waals surface area contributed by atoms with E-state index in [0.29, 0.717) is 23.3 Å². The molecule has 1 aliphatic rings. The fourth-order valence-electron chi connectivity index (χ4n) is 3.04. The van der Waals surface area contributed by atoms with Gasteiger partial charge >= 0.3 is 0 Å². The molecule has 1 atom stereocenters. The van der Waals surface area contributed by atoms with Gasteiger partial charge in [-0.05, 0) is 44.5 Å². The second kappa shape index (κ2) is 9.25. The van der Waals surface area contributed by atoms with Crippen LogP contribution in [-0.4, -0.2) is 52.6 Å². The first-order chi connectivity index (χ1) is 13.0. The van der Waals surface area contributed by atoms with Crippen molar-refractivity contribution < 1.29 is 9.59 Å². The molecule has 1 fully saturated rings. The van der Waals surface area contributed by atoms with Gasteiger partial charge in [-0.25, -0.2) is 0 Å². The van der Waals surface area contributed by atoms with Crippen LogP contribution in [0.25, 0.3) is 0 Å². The number of aromatic nitrogens is 2. The average molecular weight is 408 g/mol. The predicted molar refractivity (Wildman–Crippen MR) is 107 cm³/mol. The summed E-state index contributed by atoms with van der Waals surface area (Å²) in [6.45, 7) is 4.65. The Hall–Kier alpha value is -2.03. The number of halogens is 1. The van der Waals surface area contributed by atoms with Crippen molar-refractivity contribution in [1.29, 1.82) is 0 Å². The minimum absolute atomic E-state index is 0.129. The number of carbonyl (C=O) groups is 2. The van der Waals surface area contributed by atoms with Crippen LogP contribution < -0.4 is 10.6 Å². The smallest absolute Gasteiger partial charge is 0.286 e. The molecule has 144 valence electrons. The second-order valence-electron chi connectivity index (χ2n) is 6.51. The van der Waals surface area contributed by atoms with Crippen molar-refractivity contribution in [3.05, 3.63) is 39.3 Å². The highest BCUT2D eigenvalue weighted by molar-refractivity contribution is 7.15. The van der Waals surface area contributed by atoms with Crippen LogP contribution in [0.1, 0.15) is 45.8 Å². The SMILES string of the molecule is C[C@H]1CCCCN1CCNC(=O)c1nnc(C(=O)Nc2cccc(Cl)c2)s1. The lowest BCUT2D eigenvalue weighted by atomic mass is 10.0. The molecule has 2 heterocycles. The minimum atomic E-state index is -0.420.